The second kappa shape index (κ2) is 7.59. The molecule has 20 heavy (non-hydrogen) atoms. The second-order valence-corrected chi connectivity index (χ2v) is 5.57. The zero-order valence-electron chi connectivity index (χ0n) is 10.9. The summed E-state index contributed by atoms with van der Waals surface area (Å²) in [6.45, 7) is 0.284. The van der Waals surface area contributed by atoms with Crippen molar-refractivity contribution in [3.8, 4) is 6.07 Å². The highest BCUT2D eigenvalue weighted by molar-refractivity contribution is 7.89. The van der Waals surface area contributed by atoms with Crippen LogP contribution in [-0.2, 0) is 19.6 Å². The maximum absolute atomic E-state index is 11.9. The number of ether oxygens (including phenoxy) is 1. The van der Waals surface area contributed by atoms with Crippen LogP contribution in [0.15, 0.2) is 29.2 Å². The van der Waals surface area contributed by atoms with Gasteiger partial charge in [0.15, 0.2) is 0 Å². The number of sulfonamides is 1. The Morgan fingerprint density at radius 3 is 2.85 bits per heavy atom. The molecule has 0 radical (unpaired) electrons. The molecule has 0 aromatic heterocycles. The lowest BCUT2D eigenvalue weighted by molar-refractivity contribution is -0.120. The Hall–Kier alpha value is -1.95. The minimum Gasteiger partial charge on any atom is -0.383 e. The van der Waals surface area contributed by atoms with Crippen LogP contribution in [0.4, 0.5) is 0 Å². The second-order valence-electron chi connectivity index (χ2n) is 3.81. The summed E-state index contributed by atoms with van der Waals surface area (Å²) < 4.78 is 30.7. The number of hydrogen-bond donors (Lipinski definition) is 2. The lowest BCUT2D eigenvalue weighted by Gasteiger charge is -2.07. The molecule has 0 spiro atoms. The van der Waals surface area contributed by atoms with Crippen LogP contribution in [-0.4, -0.2) is 41.1 Å². The lowest BCUT2D eigenvalue weighted by Crippen LogP contribution is -2.38. The summed E-state index contributed by atoms with van der Waals surface area (Å²) in [6.07, 6.45) is 0. The summed E-state index contributed by atoms with van der Waals surface area (Å²) in [5.41, 5.74) is 0.234. The van der Waals surface area contributed by atoms with Crippen LogP contribution in [0, 0.1) is 11.3 Å². The van der Waals surface area contributed by atoms with E-state index in [0.717, 1.165) is 0 Å². The van der Waals surface area contributed by atoms with Gasteiger partial charge in [0.2, 0.25) is 15.9 Å². The van der Waals surface area contributed by atoms with Crippen LogP contribution in [0.25, 0.3) is 0 Å². The first-order valence-corrected chi connectivity index (χ1v) is 7.23. The highest BCUT2D eigenvalue weighted by Gasteiger charge is 2.15. The van der Waals surface area contributed by atoms with Gasteiger partial charge >= 0.3 is 0 Å². The lowest BCUT2D eigenvalue weighted by atomic mass is 10.2. The molecule has 0 aliphatic carbocycles. The molecule has 0 atom stereocenters. The Morgan fingerprint density at radius 2 is 2.20 bits per heavy atom. The molecule has 0 heterocycles. The van der Waals surface area contributed by atoms with E-state index in [-0.39, 0.29) is 17.0 Å². The van der Waals surface area contributed by atoms with Crippen molar-refractivity contribution >= 4 is 15.9 Å². The van der Waals surface area contributed by atoms with Gasteiger partial charge in [0.1, 0.15) is 0 Å². The standard InChI is InChI=1S/C12H15N3O4S/c1-19-6-5-14-12(16)9-15-20(17,18)11-4-2-3-10(7-11)8-13/h2-4,7,15H,5-6,9H2,1H3,(H,14,16). The molecule has 1 rings (SSSR count). The average Bonchev–Trinajstić information content (AvgIpc) is 2.45. The number of amides is 1. The van der Waals surface area contributed by atoms with Gasteiger partial charge in [0.05, 0.1) is 29.7 Å². The van der Waals surface area contributed by atoms with Crippen molar-refractivity contribution in [1.82, 2.24) is 10.0 Å². The Labute approximate surface area is 117 Å². The Balaban J connectivity index is 2.62. The van der Waals surface area contributed by atoms with Crippen LogP contribution in [0.1, 0.15) is 5.56 Å². The van der Waals surface area contributed by atoms with Gasteiger partial charge in [-0.3, -0.25) is 4.79 Å². The van der Waals surface area contributed by atoms with Crippen molar-refractivity contribution in [2.45, 2.75) is 4.90 Å². The van der Waals surface area contributed by atoms with Gasteiger partial charge in [-0.2, -0.15) is 5.26 Å². The molecule has 1 amide bonds. The van der Waals surface area contributed by atoms with E-state index in [1.54, 1.807) is 0 Å². The molecule has 1 aromatic rings. The topological polar surface area (TPSA) is 108 Å². The number of benzene rings is 1. The maximum atomic E-state index is 11.9. The monoisotopic (exact) mass is 297 g/mol. The van der Waals surface area contributed by atoms with Gasteiger partial charge in [-0.1, -0.05) is 6.07 Å². The smallest absolute Gasteiger partial charge is 0.241 e. The van der Waals surface area contributed by atoms with Crippen LogP contribution < -0.4 is 10.0 Å². The Morgan fingerprint density at radius 1 is 1.45 bits per heavy atom. The molecular weight excluding hydrogens is 282 g/mol. The molecule has 7 nitrogen and oxygen atoms in total. The number of nitrogens with zero attached hydrogens (tertiary/aromatic N) is 1. The largest absolute Gasteiger partial charge is 0.383 e. The third-order valence-electron chi connectivity index (χ3n) is 2.32. The minimum atomic E-state index is -3.81. The first kappa shape index (κ1) is 16.1. The fraction of sp³-hybridized carbons (Fsp3) is 0.333. The summed E-state index contributed by atoms with van der Waals surface area (Å²) in [4.78, 5) is 11.3. The van der Waals surface area contributed by atoms with Gasteiger partial charge in [-0.25, -0.2) is 13.1 Å². The van der Waals surface area contributed by atoms with Crippen molar-refractivity contribution in [3.05, 3.63) is 29.8 Å². The number of methoxy groups -OCH3 is 1. The van der Waals surface area contributed by atoms with Gasteiger partial charge < -0.3 is 10.1 Å². The predicted molar refractivity (Wildman–Crippen MR) is 71.2 cm³/mol. The van der Waals surface area contributed by atoms with E-state index in [1.807, 2.05) is 6.07 Å². The maximum Gasteiger partial charge on any atom is 0.241 e. The van der Waals surface area contributed by atoms with Gasteiger partial charge in [0, 0.05) is 13.7 Å². The van der Waals surface area contributed by atoms with E-state index in [4.69, 9.17) is 10.00 Å². The van der Waals surface area contributed by atoms with E-state index >= 15 is 0 Å². The third kappa shape index (κ3) is 4.97. The minimum absolute atomic E-state index is 0.0544. The van der Waals surface area contributed by atoms with Gasteiger partial charge in [0.25, 0.3) is 0 Å². The molecule has 1 aromatic carbocycles. The molecule has 0 saturated heterocycles. The van der Waals surface area contributed by atoms with Crippen LogP contribution in [0.5, 0.6) is 0 Å². The molecule has 8 heteroatoms. The summed E-state index contributed by atoms with van der Waals surface area (Å²) in [6, 6.07) is 7.41. The van der Waals surface area contributed by atoms with Crippen molar-refractivity contribution in [3.63, 3.8) is 0 Å². The van der Waals surface area contributed by atoms with E-state index in [9.17, 15) is 13.2 Å². The molecule has 0 bridgehead atoms. The molecule has 2 N–H and O–H groups in total. The first-order chi connectivity index (χ1) is 9.49. The van der Waals surface area contributed by atoms with Crippen LogP contribution in [0.2, 0.25) is 0 Å². The van der Waals surface area contributed by atoms with E-state index in [1.165, 1.54) is 31.4 Å². The van der Waals surface area contributed by atoms with Crippen LogP contribution in [0.3, 0.4) is 0 Å². The number of hydrogen-bond acceptors (Lipinski definition) is 5. The van der Waals surface area contributed by atoms with Crippen molar-refractivity contribution in [1.29, 1.82) is 5.26 Å². The van der Waals surface area contributed by atoms with E-state index in [0.29, 0.717) is 13.2 Å². The molecule has 0 fully saturated rings. The van der Waals surface area contributed by atoms with Crippen molar-refractivity contribution in [2.75, 3.05) is 26.8 Å². The van der Waals surface area contributed by atoms with E-state index in [2.05, 4.69) is 10.0 Å². The number of nitriles is 1. The zero-order chi connectivity index (χ0) is 15.0. The number of nitrogens with one attached hydrogen (secondary N) is 2. The SMILES string of the molecule is COCCNC(=O)CNS(=O)(=O)c1cccc(C#N)c1. The molecule has 0 aliphatic rings. The fourth-order valence-corrected chi connectivity index (χ4v) is 2.36. The number of carbonyl (C=O) groups excluding carboxylic acids is 1. The predicted octanol–water partition coefficient (Wildman–Crippen LogP) is -0.401. The molecule has 0 saturated carbocycles. The van der Waals surface area contributed by atoms with E-state index < -0.39 is 15.9 Å². The molecule has 108 valence electrons. The van der Waals surface area contributed by atoms with Gasteiger partial charge in [-0.15, -0.1) is 0 Å². The summed E-state index contributed by atoms with van der Waals surface area (Å²) in [7, 11) is -2.31. The first-order valence-electron chi connectivity index (χ1n) is 5.75. The Bertz CT molecular complexity index is 607. The normalized spacial score (nSPS) is 10.8. The summed E-state index contributed by atoms with van der Waals surface area (Å²) in [5, 5.41) is 11.2. The number of carbonyl (C=O) groups is 1. The highest BCUT2D eigenvalue weighted by atomic mass is 32.2. The van der Waals surface area contributed by atoms with Crippen molar-refractivity contribution < 1.29 is 17.9 Å². The zero-order valence-corrected chi connectivity index (χ0v) is 11.7. The molecule has 0 aliphatic heterocycles. The van der Waals surface area contributed by atoms with Gasteiger partial charge in [-0.05, 0) is 18.2 Å². The molecule has 0 unspecified atom stereocenters. The third-order valence-corrected chi connectivity index (χ3v) is 3.72. The average molecular weight is 297 g/mol. The highest BCUT2D eigenvalue weighted by Crippen LogP contribution is 2.10. The number of rotatable bonds is 7. The van der Waals surface area contributed by atoms with Crippen molar-refractivity contribution in [2.24, 2.45) is 0 Å². The fourth-order valence-electron chi connectivity index (χ4n) is 1.33. The summed E-state index contributed by atoms with van der Waals surface area (Å²) >= 11 is 0. The molecular formula is C12H15N3O4S. The van der Waals surface area contributed by atoms with Crippen LogP contribution >= 0.6 is 0 Å². The Kier molecular flexibility index (Phi) is 6.11. The quantitative estimate of drug-likeness (QED) is 0.666. The summed E-state index contributed by atoms with van der Waals surface area (Å²) in [5.74, 6) is -0.456.